The first-order valence-corrected chi connectivity index (χ1v) is 6.34. The van der Waals surface area contributed by atoms with Gasteiger partial charge in [0.2, 0.25) is 5.91 Å². The van der Waals surface area contributed by atoms with Gasteiger partial charge in [0.15, 0.2) is 0 Å². The van der Waals surface area contributed by atoms with Crippen LogP contribution >= 0.6 is 0 Å². The van der Waals surface area contributed by atoms with Gasteiger partial charge in [0.25, 0.3) is 0 Å². The number of hydrogen-bond acceptors (Lipinski definition) is 5. The minimum Gasteiger partial charge on any atom is -0.465 e. The molecule has 0 aliphatic carbocycles. The average Bonchev–Trinajstić information content (AvgIpc) is 2.43. The lowest BCUT2D eigenvalue weighted by atomic mass is 9.92. The molecule has 20 heavy (non-hydrogen) atoms. The van der Waals surface area contributed by atoms with E-state index < -0.39 is 11.4 Å². The Hall–Kier alpha value is -2.11. The third-order valence-electron chi connectivity index (χ3n) is 3.04. The number of nitrogens with zero attached hydrogens (tertiary/aromatic N) is 1. The summed E-state index contributed by atoms with van der Waals surface area (Å²) in [4.78, 5) is 27.4. The average molecular weight is 279 g/mol. The number of carbonyl (C=O) groups is 2. The van der Waals surface area contributed by atoms with Crippen molar-refractivity contribution in [2.24, 2.45) is 5.41 Å². The second-order valence-electron chi connectivity index (χ2n) is 5.14. The Morgan fingerprint density at radius 3 is 2.50 bits per heavy atom. The molecule has 0 spiro atoms. The van der Waals surface area contributed by atoms with Crippen molar-refractivity contribution in [3.8, 4) is 0 Å². The van der Waals surface area contributed by atoms with Gasteiger partial charge in [0, 0.05) is 13.6 Å². The second-order valence-corrected chi connectivity index (χ2v) is 5.14. The van der Waals surface area contributed by atoms with Crippen LogP contribution in [0.15, 0.2) is 12.1 Å². The summed E-state index contributed by atoms with van der Waals surface area (Å²) in [6.07, 6.45) is 0. The Balaban J connectivity index is 2.78. The van der Waals surface area contributed by atoms with Crippen LogP contribution in [0.1, 0.15) is 29.9 Å². The molecule has 0 fully saturated rings. The van der Waals surface area contributed by atoms with E-state index in [1.54, 1.807) is 26.1 Å². The summed E-state index contributed by atoms with van der Waals surface area (Å²) in [5.41, 5.74) is 0.467. The number of amides is 1. The summed E-state index contributed by atoms with van der Waals surface area (Å²) in [6.45, 7) is 5.86. The Morgan fingerprint density at radius 1 is 1.35 bits per heavy atom. The van der Waals surface area contributed by atoms with E-state index in [1.807, 2.05) is 13.8 Å². The molecule has 0 aliphatic heterocycles. The fraction of sp³-hybridized carbons (Fsp3) is 0.500. The van der Waals surface area contributed by atoms with E-state index >= 15 is 0 Å². The number of esters is 1. The Bertz CT molecular complexity index is 512. The minimum atomic E-state index is -0.550. The summed E-state index contributed by atoms with van der Waals surface area (Å²) >= 11 is 0. The molecule has 0 aromatic carbocycles. The normalized spacial score (nSPS) is 10.8. The molecule has 110 valence electrons. The lowest BCUT2D eigenvalue weighted by molar-refractivity contribution is -0.128. The SMILES string of the molecule is CNC(=O)C(C)(C)CNc1ccc(C(=O)OC)c(C)n1. The fourth-order valence-corrected chi connectivity index (χ4v) is 1.72. The van der Waals surface area contributed by atoms with Crippen LogP contribution in [-0.2, 0) is 9.53 Å². The molecule has 6 heteroatoms. The zero-order valence-corrected chi connectivity index (χ0v) is 12.5. The van der Waals surface area contributed by atoms with Crippen molar-refractivity contribution in [3.05, 3.63) is 23.4 Å². The first-order chi connectivity index (χ1) is 9.31. The van der Waals surface area contributed by atoms with Gasteiger partial charge in [-0.05, 0) is 32.9 Å². The van der Waals surface area contributed by atoms with Crippen LogP contribution in [0.3, 0.4) is 0 Å². The van der Waals surface area contributed by atoms with Crippen molar-refractivity contribution in [2.75, 3.05) is 26.0 Å². The van der Waals surface area contributed by atoms with Crippen LogP contribution in [0.25, 0.3) is 0 Å². The number of hydrogen-bond donors (Lipinski definition) is 2. The van der Waals surface area contributed by atoms with E-state index in [4.69, 9.17) is 0 Å². The highest BCUT2D eigenvalue weighted by Gasteiger charge is 2.26. The summed E-state index contributed by atoms with van der Waals surface area (Å²) in [6, 6.07) is 3.35. The third kappa shape index (κ3) is 3.69. The topological polar surface area (TPSA) is 80.3 Å². The van der Waals surface area contributed by atoms with Crippen molar-refractivity contribution >= 4 is 17.7 Å². The Kier molecular flexibility index (Phi) is 5.07. The van der Waals surface area contributed by atoms with Gasteiger partial charge in [-0.1, -0.05) is 0 Å². The monoisotopic (exact) mass is 279 g/mol. The fourth-order valence-electron chi connectivity index (χ4n) is 1.72. The van der Waals surface area contributed by atoms with Crippen LogP contribution in [-0.4, -0.2) is 37.6 Å². The van der Waals surface area contributed by atoms with Gasteiger partial charge in [-0.2, -0.15) is 0 Å². The largest absolute Gasteiger partial charge is 0.465 e. The summed E-state index contributed by atoms with van der Waals surface area (Å²) in [7, 11) is 2.94. The maximum atomic E-state index is 11.7. The molecule has 0 atom stereocenters. The van der Waals surface area contributed by atoms with Crippen LogP contribution in [0.2, 0.25) is 0 Å². The van der Waals surface area contributed by atoms with Crippen molar-refractivity contribution in [2.45, 2.75) is 20.8 Å². The van der Waals surface area contributed by atoms with Crippen LogP contribution in [0, 0.1) is 12.3 Å². The molecule has 0 unspecified atom stereocenters. The molecule has 1 rings (SSSR count). The van der Waals surface area contributed by atoms with Crippen LogP contribution in [0.5, 0.6) is 0 Å². The van der Waals surface area contributed by atoms with Gasteiger partial charge in [-0.25, -0.2) is 9.78 Å². The molecule has 1 heterocycles. The van der Waals surface area contributed by atoms with Crippen molar-refractivity contribution in [1.82, 2.24) is 10.3 Å². The first kappa shape index (κ1) is 15.9. The lowest BCUT2D eigenvalue weighted by Crippen LogP contribution is -2.39. The van der Waals surface area contributed by atoms with Crippen molar-refractivity contribution < 1.29 is 14.3 Å². The molecule has 1 aromatic heterocycles. The zero-order valence-electron chi connectivity index (χ0n) is 12.5. The number of rotatable bonds is 5. The number of methoxy groups -OCH3 is 1. The highest BCUT2D eigenvalue weighted by molar-refractivity contribution is 5.90. The molecule has 0 saturated carbocycles. The van der Waals surface area contributed by atoms with Crippen LogP contribution in [0.4, 0.5) is 5.82 Å². The molecule has 0 radical (unpaired) electrons. The van der Waals surface area contributed by atoms with E-state index in [2.05, 4.69) is 20.4 Å². The van der Waals surface area contributed by atoms with Gasteiger partial charge in [0.1, 0.15) is 5.82 Å². The molecular weight excluding hydrogens is 258 g/mol. The zero-order chi connectivity index (χ0) is 15.3. The lowest BCUT2D eigenvalue weighted by Gasteiger charge is -2.23. The number of aryl methyl sites for hydroxylation is 1. The number of aromatic nitrogens is 1. The van der Waals surface area contributed by atoms with E-state index in [0.29, 0.717) is 23.6 Å². The van der Waals surface area contributed by atoms with Gasteiger partial charge in [0.05, 0.1) is 23.8 Å². The Morgan fingerprint density at radius 2 is 2.00 bits per heavy atom. The Labute approximate surface area is 118 Å². The highest BCUT2D eigenvalue weighted by Crippen LogP contribution is 2.17. The molecule has 2 N–H and O–H groups in total. The second kappa shape index (κ2) is 6.36. The predicted octanol–water partition coefficient (Wildman–Crippen LogP) is 1.36. The van der Waals surface area contributed by atoms with Crippen molar-refractivity contribution in [3.63, 3.8) is 0 Å². The molecule has 0 bridgehead atoms. The molecule has 0 saturated heterocycles. The number of nitrogens with one attached hydrogen (secondary N) is 2. The van der Waals surface area contributed by atoms with E-state index in [9.17, 15) is 9.59 Å². The van der Waals surface area contributed by atoms with Gasteiger partial charge in [-0.15, -0.1) is 0 Å². The molecule has 6 nitrogen and oxygen atoms in total. The maximum absolute atomic E-state index is 11.7. The van der Waals surface area contributed by atoms with E-state index in [-0.39, 0.29) is 5.91 Å². The van der Waals surface area contributed by atoms with Crippen molar-refractivity contribution in [1.29, 1.82) is 0 Å². The highest BCUT2D eigenvalue weighted by atomic mass is 16.5. The summed E-state index contributed by atoms with van der Waals surface area (Å²) < 4.78 is 4.66. The van der Waals surface area contributed by atoms with Crippen LogP contribution < -0.4 is 10.6 Å². The smallest absolute Gasteiger partial charge is 0.339 e. The number of ether oxygens (including phenoxy) is 1. The standard InChI is InChI=1S/C14H21N3O3/c1-9-10(12(18)20-5)6-7-11(17-9)16-8-14(2,3)13(19)15-4/h6-7H,8H2,1-5H3,(H,15,19)(H,16,17). The van der Waals surface area contributed by atoms with Gasteiger partial charge < -0.3 is 15.4 Å². The third-order valence-corrected chi connectivity index (χ3v) is 3.04. The molecule has 0 aliphatic rings. The minimum absolute atomic E-state index is 0.0482. The quantitative estimate of drug-likeness (QED) is 0.795. The number of anilines is 1. The van der Waals surface area contributed by atoms with Gasteiger partial charge in [-0.3, -0.25) is 4.79 Å². The molecule has 1 amide bonds. The number of carbonyl (C=O) groups excluding carboxylic acids is 2. The summed E-state index contributed by atoms with van der Waals surface area (Å²) in [5, 5.41) is 5.73. The van der Waals surface area contributed by atoms with Gasteiger partial charge >= 0.3 is 5.97 Å². The first-order valence-electron chi connectivity index (χ1n) is 6.34. The molecule has 1 aromatic rings. The van der Waals surface area contributed by atoms with E-state index in [1.165, 1.54) is 7.11 Å². The molecular formula is C14H21N3O3. The summed E-state index contributed by atoms with van der Waals surface area (Å²) in [5.74, 6) is 0.160. The maximum Gasteiger partial charge on any atom is 0.339 e. The predicted molar refractivity (Wildman–Crippen MR) is 76.7 cm³/mol. The van der Waals surface area contributed by atoms with E-state index in [0.717, 1.165) is 0 Å². The number of pyridine rings is 1.